The molecule has 0 bridgehead atoms. The van der Waals surface area contributed by atoms with Crippen molar-refractivity contribution in [3.05, 3.63) is 17.3 Å². The molecule has 1 amide bonds. The molecule has 2 saturated carbocycles. The van der Waals surface area contributed by atoms with Crippen LogP contribution in [0.2, 0.25) is 5.02 Å². The lowest BCUT2D eigenvalue weighted by Crippen LogP contribution is -2.43. The van der Waals surface area contributed by atoms with Crippen molar-refractivity contribution in [3.63, 3.8) is 0 Å². The van der Waals surface area contributed by atoms with E-state index >= 15 is 0 Å². The van der Waals surface area contributed by atoms with Crippen LogP contribution in [-0.2, 0) is 9.53 Å². The molecule has 0 saturated heterocycles. The second kappa shape index (κ2) is 8.78. The Hall–Kier alpha value is -1.67. The number of rotatable bonds is 9. The number of ether oxygens (including phenoxy) is 3. The molecule has 1 heterocycles. The highest BCUT2D eigenvalue weighted by molar-refractivity contribution is 6.33. The Kier molecular flexibility index (Phi) is 6.60. The predicted molar refractivity (Wildman–Crippen MR) is 99.1 cm³/mol. The molecular weight excluding hydrogens is 394 g/mol. The fourth-order valence-electron chi connectivity index (χ4n) is 3.28. The van der Waals surface area contributed by atoms with Gasteiger partial charge >= 0.3 is 0 Å². The maximum Gasteiger partial charge on any atom is 0.255 e. The van der Waals surface area contributed by atoms with E-state index in [0.717, 1.165) is 12.8 Å². The quantitative estimate of drug-likeness (QED) is 0.663. The number of carbonyl (C=O) groups is 1. The monoisotopic (exact) mass is 418 g/mol. The van der Waals surface area contributed by atoms with Gasteiger partial charge in [0.1, 0.15) is 16.9 Å². The first-order valence-corrected chi connectivity index (χ1v) is 9.80. The molecule has 28 heavy (non-hydrogen) atoms. The molecule has 156 valence electrons. The molecule has 2 aliphatic rings. The Morgan fingerprint density at radius 3 is 2.75 bits per heavy atom. The van der Waals surface area contributed by atoms with Gasteiger partial charge < -0.3 is 19.5 Å². The average molecular weight is 419 g/mol. The summed E-state index contributed by atoms with van der Waals surface area (Å²) in [5.74, 6) is -1.83. The van der Waals surface area contributed by atoms with Crippen LogP contribution in [0.4, 0.5) is 8.78 Å². The van der Waals surface area contributed by atoms with Crippen molar-refractivity contribution in [2.24, 2.45) is 5.92 Å². The summed E-state index contributed by atoms with van der Waals surface area (Å²) in [6, 6.07) is 1.53. The third-order valence-electron chi connectivity index (χ3n) is 4.85. The fraction of sp³-hybridized carbons (Fsp3) is 0.684. The number of halogens is 3. The number of amides is 1. The van der Waals surface area contributed by atoms with Crippen LogP contribution in [0.5, 0.6) is 11.6 Å². The van der Waals surface area contributed by atoms with Crippen LogP contribution in [0.1, 0.15) is 39.5 Å². The molecule has 1 aromatic heterocycles. The zero-order valence-electron chi connectivity index (χ0n) is 15.9. The largest absolute Gasteiger partial charge is 0.488 e. The summed E-state index contributed by atoms with van der Waals surface area (Å²) in [7, 11) is 0. The summed E-state index contributed by atoms with van der Waals surface area (Å²) >= 11 is 6.25. The Morgan fingerprint density at radius 2 is 2.11 bits per heavy atom. The number of nitrogens with zero attached hydrogens (tertiary/aromatic N) is 1. The molecule has 2 aliphatic carbocycles. The van der Waals surface area contributed by atoms with E-state index in [9.17, 15) is 13.6 Å². The summed E-state index contributed by atoms with van der Waals surface area (Å²) in [6.07, 6.45) is 2.23. The lowest BCUT2D eigenvalue weighted by atomic mass is 9.83. The molecule has 0 spiro atoms. The average Bonchev–Trinajstić information content (AvgIpc) is 2.53. The van der Waals surface area contributed by atoms with E-state index in [1.54, 1.807) is 6.07 Å². The maximum absolute atomic E-state index is 12.9. The van der Waals surface area contributed by atoms with Gasteiger partial charge in [-0.3, -0.25) is 4.79 Å². The second-order valence-electron chi connectivity index (χ2n) is 7.64. The van der Waals surface area contributed by atoms with Crippen molar-refractivity contribution in [1.82, 2.24) is 10.3 Å². The minimum atomic E-state index is -2.65. The Bertz CT molecular complexity index is 693. The molecule has 3 rings (SSSR count). The van der Waals surface area contributed by atoms with E-state index in [1.165, 1.54) is 13.1 Å². The normalized spacial score (nSPS) is 24.6. The number of hydrogen-bond donors (Lipinski definition) is 1. The first-order chi connectivity index (χ1) is 13.2. The van der Waals surface area contributed by atoms with Crippen molar-refractivity contribution < 1.29 is 27.8 Å². The van der Waals surface area contributed by atoms with Gasteiger partial charge in [-0.2, -0.15) is 0 Å². The molecule has 1 atom stereocenters. The van der Waals surface area contributed by atoms with Crippen molar-refractivity contribution in [2.75, 3.05) is 13.2 Å². The molecule has 9 heteroatoms. The van der Waals surface area contributed by atoms with Gasteiger partial charge in [-0.1, -0.05) is 11.6 Å². The van der Waals surface area contributed by atoms with E-state index in [2.05, 4.69) is 10.3 Å². The van der Waals surface area contributed by atoms with Gasteiger partial charge in [0.15, 0.2) is 0 Å². The number of hydrogen-bond acceptors (Lipinski definition) is 5. The van der Waals surface area contributed by atoms with E-state index in [0.29, 0.717) is 24.9 Å². The van der Waals surface area contributed by atoms with Gasteiger partial charge in [-0.15, -0.1) is 0 Å². The minimum Gasteiger partial charge on any atom is -0.488 e. The third-order valence-corrected chi connectivity index (χ3v) is 5.20. The highest BCUT2D eigenvalue weighted by atomic mass is 35.5. The lowest BCUT2D eigenvalue weighted by Gasteiger charge is -2.36. The number of nitrogens with one attached hydrogen (secondary N) is 1. The van der Waals surface area contributed by atoms with E-state index in [4.69, 9.17) is 25.8 Å². The summed E-state index contributed by atoms with van der Waals surface area (Å²) in [6.45, 7) is 4.30. The SMILES string of the molecule is CC(=O)N[C@@H](C)COC1CC(COc2nccc(OC3CC(F)(F)C3)c2Cl)C1. The molecule has 2 fully saturated rings. The second-order valence-corrected chi connectivity index (χ2v) is 8.02. The molecule has 1 N–H and O–H groups in total. The highest BCUT2D eigenvalue weighted by Crippen LogP contribution is 2.42. The van der Waals surface area contributed by atoms with E-state index < -0.39 is 12.0 Å². The van der Waals surface area contributed by atoms with Gasteiger partial charge in [0.2, 0.25) is 11.8 Å². The molecular formula is C19H25ClF2N2O4. The lowest BCUT2D eigenvalue weighted by molar-refractivity contribution is -0.134. The topological polar surface area (TPSA) is 69.7 Å². The zero-order chi connectivity index (χ0) is 20.3. The van der Waals surface area contributed by atoms with Crippen LogP contribution in [0.15, 0.2) is 12.3 Å². The first-order valence-electron chi connectivity index (χ1n) is 9.42. The van der Waals surface area contributed by atoms with Gasteiger partial charge in [-0.05, 0) is 25.7 Å². The maximum atomic E-state index is 12.9. The molecule has 0 unspecified atom stereocenters. The third kappa shape index (κ3) is 5.67. The predicted octanol–water partition coefficient (Wildman–Crippen LogP) is 3.61. The van der Waals surface area contributed by atoms with Gasteiger partial charge in [0, 0.05) is 38.1 Å². The highest BCUT2D eigenvalue weighted by Gasteiger charge is 2.47. The number of carbonyl (C=O) groups excluding carboxylic acids is 1. The number of pyridine rings is 1. The first kappa shape index (κ1) is 21.0. The van der Waals surface area contributed by atoms with Crippen LogP contribution in [-0.4, -0.2) is 48.3 Å². The van der Waals surface area contributed by atoms with Gasteiger partial charge in [-0.25, -0.2) is 13.8 Å². The number of alkyl halides is 2. The minimum absolute atomic E-state index is 0.0193. The fourth-order valence-corrected chi connectivity index (χ4v) is 3.49. The zero-order valence-corrected chi connectivity index (χ0v) is 16.7. The molecule has 1 aromatic rings. The Labute approximate surface area is 167 Å². The van der Waals surface area contributed by atoms with Crippen LogP contribution in [0, 0.1) is 5.92 Å². The van der Waals surface area contributed by atoms with Gasteiger partial charge in [0.25, 0.3) is 5.92 Å². The van der Waals surface area contributed by atoms with Crippen molar-refractivity contribution in [2.45, 2.75) is 63.7 Å². The van der Waals surface area contributed by atoms with E-state index in [1.807, 2.05) is 6.92 Å². The standard InChI is InChI=1S/C19H25ClF2N2O4/c1-11(24-12(2)25)9-26-14-5-13(6-14)10-27-18-17(20)16(3-4-23-18)28-15-7-19(21,22)8-15/h3-4,11,13-15H,5-10H2,1-2H3,(H,24,25)/t11-,13?,14?/m0/s1. The van der Waals surface area contributed by atoms with Crippen LogP contribution in [0.3, 0.4) is 0 Å². The molecule has 0 aromatic carbocycles. The summed E-state index contributed by atoms with van der Waals surface area (Å²) in [5, 5.41) is 2.98. The van der Waals surface area contributed by atoms with Crippen molar-refractivity contribution in [1.29, 1.82) is 0 Å². The van der Waals surface area contributed by atoms with Crippen molar-refractivity contribution in [3.8, 4) is 11.6 Å². The summed E-state index contributed by atoms with van der Waals surface area (Å²) < 4.78 is 42.8. The summed E-state index contributed by atoms with van der Waals surface area (Å²) in [5.41, 5.74) is 0. The Morgan fingerprint density at radius 1 is 1.39 bits per heavy atom. The molecule has 0 aliphatic heterocycles. The Balaban J connectivity index is 1.38. The van der Waals surface area contributed by atoms with Gasteiger partial charge in [0.05, 0.1) is 19.3 Å². The van der Waals surface area contributed by atoms with Crippen molar-refractivity contribution >= 4 is 17.5 Å². The number of aromatic nitrogens is 1. The molecule has 0 radical (unpaired) electrons. The van der Waals surface area contributed by atoms with Crippen LogP contribution in [0.25, 0.3) is 0 Å². The molecule has 6 nitrogen and oxygen atoms in total. The smallest absolute Gasteiger partial charge is 0.255 e. The summed E-state index contributed by atoms with van der Waals surface area (Å²) in [4.78, 5) is 15.1. The van der Waals surface area contributed by atoms with Crippen LogP contribution >= 0.6 is 11.6 Å². The van der Waals surface area contributed by atoms with Crippen LogP contribution < -0.4 is 14.8 Å². The van der Waals surface area contributed by atoms with E-state index in [-0.39, 0.29) is 41.8 Å².